The summed E-state index contributed by atoms with van der Waals surface area (Å²) in [4.78, 5) is 4.57. The fourth-order valence-corrected chi connectivity index (χ4v) is 4.73. The third-order valence-electron chi connectivity index (χ3n) is 7.16. The number of nitriles is 1. The number of hydrogen-bond acceptors (Lipinski definition) is 6. The van der Waals surface area contributed by atoms with E-state index in [1.807, 2.05) is 24.4 Å². The van der Waals surface area contributed by atoms with Crippen LogP contribution >= 0.6 is 0 Å². The molecule has 2 aliphatic rings. The van der Waals surface area contributed by atoms with Crippen LogP contribution in [0, 0.1) is 47.1 Å². The molecule has 1 aromatic heterocycles. The summed E-state index contributed by atoms with van der Waals surface area (Å²) in [5.41, 5.74) is 9.78. The Morgan fingerprint density at radius 3 is 2.62 bits per heavy atom. The summed E-state index contributed by atoms with van der Waals surface area (Å²) < 4.78 is 28.3. The van der Waals surface area contributed by atoms with E-state index in [0.717, 1.165) is 54.8 Å². The van der Waals surface area contributed by atoms with Gasteiger partial charge in [0.05, 0.1) is 5.70 Å². The number of nitrogens with one attached hydrogen (secondary N) is 3. The maximum absolute atomic E-state index is 14.1. The van der Waals surface area contributed by atoms with E-state index in [0.29, 0.717) is 17.5 Å². The van der Waals surface area contributed by atoms with Crippen molar-refractivity contribution in [3.63, 3.8) is 0 Å². The van der Waals surface area contributed by atoms with Crippen molar-refractivity contribution in [2.45, 2.75) is 52.1 Å². The van der Waals surface area contributed by atoms with E-state index >= 15 is 0 Å². The molecule has 8 heteroatoms. The summed E-state index contributed by atoms with van der Waals surface area (Å²) in [6, 6.07) is 8.50. The predicted octanol–water partition coefficient (Wildman–Crippen LogP) is 5.32. The van der Waals surface area contributed by atoms with Crippen LogP contribution in [0.2, 0.25) is 0 Å². The molecule has 39 heavy (non-hydrogen) atoms. The van der Waals surface area contributed by atoms with Gasteiger partial charge in [0.15, 0.2) is 0 Å². The molecule has 0 atom stereocenters. The van der Waals surface area contributed by atoms with Gasteiger partial charge in [-0.15, -0.1) is 6.42 Å². The molecule has 0 unspecified atom stereocenters. The van der Waals surface area contributed by atoms with Crippen molar-refractivity contribution in [3.05, 3.63) is 88.0 Å². The number of pyridine rings is 1. The van der Waals surface area contributed by atoms with Gasteiger partial charge in [-0.3, -0.25) is 0 Å². The molecule has 202 valence electrons. The van der Waals surface area contributed by atoms with Crippen molar-refractivity contribution >= 4 is 11.4 Å². The van der Waals surface area contributed by atoms with E-state index in [2.05, 4.69) is 46.8 Å². The number of nitrogens with two attached hydrogens (primary N) is 1. The van der Waals surface area contributed by atoms with Crippen molar-refractivity contribution in [3.8, 4) is 18.4 Å². The second-order valence-electron chi connectivity index (χ2n) is 10.5. The Labute approximate surface area is 229 Å². The molecule has 5 N–H and O–H groups in total. The van der Waals surface area contributed by atoms with Gasteiger partial charge in [0.1, 0.15) is 29.2 Å². The lowest BCUT2D eigenvalue weighted by Gasteiger charge is -2.36. The summed E-state index contributed by atoms with van der Waals surface area (Å²) in [7, 11) is 0. The van der Waals surface area contributed by atoms with Crippen molar-refractivity contribution in [2.75, 3.05) is 11.9 Å². The Kier molecular flexibility index (Phi) is 9.01. The van der Waals surface area contributed by atoms with Crippen LogP contribution < -0.4 is 21.7 Å². The topological polar surface area (TPSA) is 98.8 Å². The number of hydrogen-bond donors (Lipinski definition) is 4. The Bertz CT molecular complexity index is 1350. The van der Waals surface area contributed by atoms with Crippen LogP contribution in [0.15, 0.2) is 59.7 Å². The molecule has 1 saturated carbocycles. The van der Waals surface area contributed by atoms with E-state index in [9.17, 15) is 14.0 Å². The molecule has 0 amide bonds. The average Bonchev–Trinajstić information content (AvgIpc) is 2.91. The van der Waals surface area contributed by atoms with Gasteiger partial charge in [-0.25, -0.2) is 13.8 Å². The van der Waals surface area contributed by atoms with Crippen LogP contribution in [0.4, 0.5) is 14.6 Å². The average molecular weight is 529 g/mol. The number of anilines is 1. The molecule has 2 heterocycles. The normalized spacial score (nSPS) is 19.7. The van der Waals surface area contributed by atoms with Crippen molar-refractivity contribution in [2.24, 2.45) is 17.6 Å². The summed E-state index contributed by atoms with van der Waals surface area (Å²) in [6.45, 7) is 5.27. The summed E-state index contributed by atoms with van der Waals surface area (Å²) >= 11 is 0. The van der Waals surface area contributed by atoms with E-state index in [1.54, 1.807) is 6.20 Å². The lowest BCUT2D eigenvalue weighted by atomic mass is 9.80. The summed E-state index contributed by atoms with van der Waals surface area (Å²) in [6.07, 6.45) is 14.8. The summed E-state index contributed by atoms with van der Waals surface area (Å²) in [5, 5.41) is 19.2. The van der Waals surface area contributed by atoms with E-state index < -0.39 is 11.6 Å². The highest BCUT2D eigenvalue weighted by molar-refractivity contribution is 5.83. The fourth-order valence-electron chi connectivity index (χ4n) is 4.73. The molecule has 4 rings (SSSR count). The first-order valence-electron chi connectivity index (χ1n) is 13.2. The van der Waals surface area contributed by atoms with Gasteiger partial charge in [-0.2, -0.15) is 5.26 Å². The van der Waals surface area contributed by atoms with Gasteiger partial charge >= 0.3 is 0 Å². The van der Waals surface area contributed by atoms with Gasteiger partial charge < -0.3 is 21.7 Å². The molecule has 0 spiro atoms. The molecular weight excluding hydrogens is 494 g/mol. The van der Waals surface area contributed by atoms with Gasteiger partial charge in [0, 0.05) is 53.8 Å². The Hall–Kier alpha value is -4.14. The molecule has 6 nitrogen and oxygen atoms in total. The summed E-state index contributed by atoms with van der Waals surface area (Å²) in [5.74, 6) is 2.80. The Morgan fingerprint density at radius 2 is 2.00 bits per heavy atom. The molecule has 1 aromatic carbocycles. The highest BCUT2D eigenvalue weighted by atomic mass is 19.1. The second-order valence-corrected chi connectivity index (χ2v) is 10.5. The molecular formula is C31H34F2N6. The minimum absolute atomic E-state index is 0.0141. The molecule has 1 fully saturated rings. The zero-order valence-corrected chi connectivity index (χ0v) is 22.3. The second kappa shape index (κ2) is 12.6. The smallest absolute Gasteiger partial charge is 0.135 e. The Morgan fingerprint density at radius 1 is 1.26 bits per heavy atom. The fraction of sp³-hybridized carbons (Fsp3) is 0.355. The largest absolute Gasteiger partial charge is 0.388 e. The van der Waals surface area contributed by atoms with Gasteiger partial charge in [0.2, 0.25) is 0 Å². The third-order valence-corrected chi connectivity index (χ3v) is 7.16. The maximum Gasteiger partial charge on any atom is 0.135 e. The lowest BCUT2D eigenvalue weighted by Crippen LogP contribution is -2.43. The van der Waals surface area contributed by atoms with Gasteiger partial charge in [-0.1, -0.05) is 19.8 Å². The van der Waals surface area contributed by atoms with E-state index in [1.165, 1.54) is 12.1 Å². The Balaban J connectivity index is 1.29. The number of benzene rings is 1. The number of halogens is 2. The minimum atomic E-state index is -0.622. The predicted molar refractivity (Wildman–Crippen MR) is 150 cm³/mol. The number of nitrogens with zero attached hydrogens (tertiary/aromatic N) is 2. The van der Waals surface area contributed by atoms with Crippen LogP contribution in [0.25, 0.3) is 5.57 Å². The van der Waals surface area contributed by atoms with Crippen LogP contribution in [-0.2, 0) is 6.54 Å². The van der Waals surface area contributed by atoms with Gasteiger partial charge in [-0.05, 0) is 73.4 Å². The molecule has 1 aliphatic carbocycles. The van der Waals surface area contributed by atoms with Crippen LogP contribution in [0.3, 0.4) is 0 Å². The zero-order valence-electron chi connectivity index (χ0n) is 22.3. The zero-order chi connectivity index (χ0) is 27.9. The maximum atomic E-state index is 14.1. The highest BCUT2D eigenvalue weighted by Gasteiger charge is 2.29. The number of terminal acetylenes is 1. The van der Waals surface area contributed by atoms with Crippen LogP contribution in [-0.4, -0.2) is 17.6 Å². The quantitative estimate of drug-likeness (QED) is 0.246. The first kappa shape index (κ1) is 27.9. The van der Waals surface area contributed by atoms with Crippen molar-refractivity contribution < 1.29 is 8.78 Å². The molecule has 0 bridgehead atoms. The minimum Gasteiger partial charge on any atom is -0.388 e. The molecule has 0 saturated heterocycles. The first-order valence-corrected chi connectivity index (χ1v) is 13.2. The van der Waals surface area contributed by atoms with Crippen molar-refractivity contribution in [1.29, 1.82) is 5.26 Å². The standard InChI is InChI=1S/C31H34F2N6/c1-4-20-12-27(32)26(28(33)13-20)18-36-24-9-22(10-24)16-37-30-8-7-23(17-38-30)25-11-21(6-5-19(2)3)15-39-31(25)29(35)14-34/h1,7-8,11-13,15,17,19,22,24,36,39H,5-6,9-10,16,18,35H2,2-3H3,(H,37,38)/b31-29-. The number of allylic oxidation sites excluding steroid dienone is 4. The highest BCUT2D eigenvalue weighted by Crippen LogP contribution is 2.31. The first-order chi connectivity index (χ1) is 18.8. The van der Waals surface area contributed by atoms with Crippen LogP contribution in [0.5, 0.6) is 0 Å². The van der Waals surface area contributed by atoms with Crippen molar-refractivity contribution in [1.82, 2.24) is 15.6 Å². The number of rotatable bonds is 10. The molecule has 1 aliphatic heterocycles. The third kappa shape index (κ3) is 7.04. The van der Waals surface area contributed by atoms with E-state index in [4.69, 9.17) is 12.2 Å². The lowest BCUT2D eigenvalue weighted by molar-refractivity contribution is 0.231. The monoisotopic (exact) mass is 528 g/mol. The SMILES string of the molecule is C#Cc1cc(F)c(CNC2CC(CNc3ccc(C4=CC(CCC(C)C)=CN/C4=C(\N)C#N)cn3)C2)c(F)c1. The number of dihydropyridines is 1. The van der Waals surface area contributed by atoms with Crippen LogP contribution in [0.1, 0.15) is 56.2 Å². The molecule has 0 radical (unpaired) electrons. The van der Waals surface area contributed by atoms with E-state index in [-0.39, 0.29) is 29.4 Å². The number of aromatic nitrogens is 1. The molecule has 2 aromatic rings. The van der Waals surface area contributed by atoms with Gasteiger partial charge in [0.25, 0.3) is 0 Å².